The van der Waals surface area contributed by atoms with Crippen LogP contribution in [0.15, 0.2) is 114 Å². The van der Waals surface area contributed by atoms with E-state index >= 15 is 0 Å². The first kappa shape index (κ1) is 32.7. The van der Waals surface area contributed by atoms with E-state index in [1.165, 1.54) is 47.4 Å². The molecule has 2 amide bonds. The van der Waals surface area contributed by atoms with Gasteiger partial charge in [-0.25, -0.2) is 12.8 Å². The van der Waals surface area contributed by atoms with Crippen LogP contribution >= 0.6 is 11.6 Å². The number of nitrogens with one attached hydrogen (secondary N) is 1. The van der Waals surface area contributed by atoms with Gasteiger partial charge in [0.05, 0.1) is 10.6 Å². The second kappa shape index (κ2) is 15.0. The Bertz CT molecular complexity index is 1670. The summed E-state index contributed by atoms with van der Waals surface area (Å²) in [5.41, 5.74) is 1.14. The van der Waals surface area contributed by atoms with Crippen LogP contribution in [0.3, 0.4) is 0 Å². The number of hydrogen-bond acceptors (Lipinski definition) is 4. The number of anilines is 1. The Morgan fingerprint density at radius 1 is 0.886 bits per heavy atom. The summed E-state index contributed by atoms with van der Waals surface area (Å²) in [5, 5.41) is 3.24. The molecular formula is C34H35ClFN3O4S. The fraction of sp³-hybridized carbons (Fsp3) is 0.235. The fourth-order valence-electron chi connectivity index (χ4n) is 4.68. The van der Waals surface area contributed by atoms with Crippen molar-refractivity contribution in [1.29, 1.82) is 0 Å². The molecule has 0 bridgehead atoms. The number of hydrogen-bond donors (Lipinski definition) is 1. The van der Waals surface area contributed by atoms with Crippen molar-refractivity contribution in [3.05, 3.63) is 131 Å². The van der Waals surface area contributed by atoms with E-state index in [2.05, 4.69) is 5.32 Å². The molecule has 0 saturated carbocycles. The van der Waals surface area contributed by atoms with E-state index in [1.54, 1.807) is 36.4 Å². The van der Waals surface area contributed by atoms with Crippen molar-refractivity contribution in [2.75, 3.05) is 10.8 Å². The highest BCUT2D eigenvalue weighted by atomic mass is 35.5. The van der Waals surface area contributed by atoms with Gasteiger partial charge in [0.15, 0.2) is 0 Å². The number of nitrogens with zero attached hydrogens (tertiary/aromatic N) is 2. The summed E-state index contributed by atoms with van der Waals surface area (Å²) >= 11 is 6.24. The van der Waals surface area contributed by atoms with E-state index in [9.17, 15) is 22.4 Å². The standard InChI is InChI=1S/C34H35ClFN3O4S/c1-3-25(2)37-34(41)32(21-26-13-6-4-7-14-26)38(23-27-15-10-11-20-31(27)36)33(40)24-39(29-17-12-16-28(35)22-29)44(42,43)30-18-8-5-9-19-30/h4-20,22,25,32H,3,21,23-24H2,1-2H3,(H,37,41). The van der Waals surface area contributed by atoms with Crippen LogP contribution in [-0.4, -0.2) is 43.8 Å². The van der Waals surface area contributed by atoms with Crippen molar-refractivity contribution >= 4 is 39.1 Å². The van der Waals surface area contributed by atoms with E-state index in [0.717, 1.165) is 9.87 Å². The zero-order chi connectivity index (χ0) is 31.7. The van der Waals surface area contributed by atoms with Crippen LogP contribution in [-0.2, 0) is 32.6 Å². The van der Waals surface area contributed by atoms with Gasteiger partial charge in [0, 0.05) is 29.6 Å². The van der Waals surface area contributed by atoms with Crippen LogP contribution in [0.5, 0.6) is 0 Å². The van der Waals surface area contributed by atoms with Crippen LogP contribution in [0.4, 0.5) is 10.1 Å². The van der Waals surface area contributed by atoms with Crippen molar-refractivity contribution in [1.82, 2.24) is 10.2 Å². The Labute approximate surface area is 263 Å². The second-order valence-corrected chi connectivity index (χ2v) is 12.7. The Kier molecular flexibility index (Phi) is 11.1. The maximum atomic E-state index is 15.0. The molecule has 0 aliphatic rings. The average Bonchev–Trinajstić information content (AvgIpc) is 3.03. The topological polar surface area (TPSA) is 86.8 Å². The van der Waals surface area contributed by atoms with E-state index in [4.69, 9.17) is 11.6 Å². The van der Waals surface area contributed by atoms with Gasteiger partial charge >= 0.3 is 0 Å². The number of sulfonamides is 1. The number of carbonyl (C=O) groups is 2. The number of benzene rings is 4. The molecule has 0 aliphatic heterocycles. The summed E-state index contributed by atoms with van der Waals surface area (Å²) in [6, 6.07) is 27.8. The highest BCUT2D eigenvalue weighted by Gasteiger charge is 2.35. The predicted octanol–water partition coefficient (Wildman–Crippen LogP) is 6.23. The molecule has 4 rings (SSSR count). The second-order valence-electron chi connectivity index (χ2n) is 10.4. The van der Waals surface area contributed by atoms with Gasteiger partial charge in [-0.3, -0.25) is 13.9 Å². The lowest BCUT2D eigenvalue weighted by molar-refractivity contribution is -0.140. The zero-order valence-electron chi connectivity index (χ0n) is 24.6. The summed E-state index contributed by atoms with van der Waals surface area (Å²) < 4.78 is 43.9. The third-order valence-corrected chi connectivity index (χ3v) is 9.30. The third kappa shape index (κ3) is 8.24. The normalized spacial score (nSPS) is 12.6. The Morgan fingerprint density at radius 2 is 1.52 bits per heavy atom. The van der Waals surface area contributed by atoms with Gasteiger partial charge in [-0.05, 0) is 55.3 Å². The van der Waals surface area contributed by atoms with Gasteiger partial charge in [0.1, 0.15) is 18.4 Å². The summed E-state index contributed by atoms with van der Waals surface area (Å²) in [6.07, 6.45) is 0.787. The Morgan fingerprint density at radius 3 is 2.16 bits per heavy atom. The molecule has 230 valence electrons. The van der Waals surface area contributed by atoms with Crippen LogP contribution in [0.25, 0.3) is 0 Å². The van der Waals surface area contributed by atoms with E-state index in [-0.39, 0.29) is 40.2 Å². The number of carbonyl (C=O) groups excluding carboxylic acids is 2. The lowest BCUT2D eigenvalue weighted by atomic mass is 10.0. The molecule has 0 saturated heterocycles. The van der Waals surface area contributed by atoms with Gasteiger partial charge in [-0.2, -0.15) is 0 Å². The molecule has 0 aromatic heterocycles. The van der Waals surface area contributed by atoms with Crippen molar-refractivity contribution in [3.8, 4) is 0 Å². The molecule has 1 N–H and O–H groups in total. The fourth-order valence-corrected chi connectivity index (χ4v) is 6.30. The molecule has 0 heterocycles. The maximum Gasteiger partial charge on any atom is 0.264 e. The minimum absolute atomic E-state index is 0.0243. The first-order valence-corrected chi connectivity index (χ1v) is 16.1. The number of rotatable bonds is 13. The van der Waals surface area contributed by atoms with Crippen molar-refractivity contribution in [2.45, 2.75) is 50.2 Å². The monoisotopic (exact) mass is 635 g/mol. The molecule has 0 aliphatic carbocycles. The maximum absolute atomic E-state index is 15.0. The Balaban J connectivity index is 1.81. The summed E-state index contributed by atoms with van der Waals surface area (Å²) in [6.45, 7) is 2.87. The van der Waals surface area contributed by atoms with Gasteiger partial charge < -0.3 is 10.2 Å². The van der Waals surface area contributed by atoms with E-state index in [0.29, 0.717) is 6.42 Å². The molecule has 7 nitrogen and oxygen atoms in total. The highest BCUT2D eigenvalue weighted by Crippen LogP contribution is 2.27. The lowest BCUT2D eigenvalue weighted by Gasteiger charge is -2.34. The van der Waals surface area contributed by atoms with Gasteiger partial charge in [-0.15, -0.1) is 0 Å². The van der Waals surface area contributed by atoms with Gasteiger partial charge in [0.25, 0.3) is 10.0 Å². The van der Waals surface area contributed by atoms with E-state index < -0.39 is 40.2 Å². The van der Waals surface area contributed by atoms with Crippen LogP contribution in [0.1, 0.15) is 31.4 Å². The molecule has 0 spiro atoms. The van der Waals surface area contributed by atoms with Crippen LogP contribution < -0.4 is 9.62 Å². The first-order chi connectivity index (χ1) is 21.1. The molecule has 10 heteroatoms. The quantitative estimate of drug-likeness (QED) is 0.189. The molecule has 4 aromatic rings. The first-order valence-electron chi connectivity index (χ1n) is 14.3. The largest absolute Gasteiger partial charge is 0.352 e. The van der Waals surface area contributed by atoms with Crippen molar-refractivity contribution in [3.63, 3.8) is 0 Å². The van der Waals surface area contributed by atoms with Crippen LogP contribution in [0, 0.1) is 5.82 Å². The summed E-state index contributed by atoms with van der Waals surface area (Å²) in [5.74, 6) is -1.66. The molecular weight excluding hydrogens is 601 g/mol. The van der Waals surface area contributed by atoms with E-state index in [1.807, 2.05) is 44.2 Å². The number of halogens is 2. The molecule has 2 unspecified atom stereocenters. The number of amides is 2. The predicted molar refractivity (Wildman–Crippen MR) is 171 cm³/mol. The molecule has 4 aromatic carbocycles. The van der Waals surface area contributed by atoms with Crippen molar-refractivity contribution in [2.24, 2.45) is 0 Å². The van der Waals surface area contributed by atoms with Gasteiger partial charge in [0.2, 0.25) is 11.8 Å². The average molecular weight is 636 g/mol. The summed E-state index contributed by atoms with van der Waals surface area (Å²) in [7, 11) is -4.26. The molecule has 0 radical (unpaired) electrons. The summed E-state index contributed by atoms with van der Waals surface area (Å²) in [4.78, 5) is 29.4. The third-order valence-electron chi connectivity index (χ3n) is 7.28. The Hall–Kier alpha value is -4.21. The van der Waals surface area contributed by atoms with Crippen molar-refractivity contribution < 1.29 is 22.4 Å². The molecule has 44 heavy (non-hydrogen) atoms. The SMILES string of the molecule is CCC(C)NC(=O)C(Cc1ccccc1)N(Cc1ccccc1F)C(=O)CN(c1cccc(Cl)c1)S(=O)(=O)c1ccccc1. The lowest BCUT2D eigenvalue weighted by Crippen LogP contribution is -2.54. The van der Waals surface area contributed by atoms with Gasteiger partial charge in [-0.1, -0.05) is 91.3 Å². The zero-order valence-corrected chi connectivity index (χ0v) is 26.1. The minimum Gasteiger partial charge on any atom is -0.352 e. The smallest absolute Gasteiger partial charge is 0.264 e. The highest BCUT2D eigenvalue weighted by molar-refractivity contribution is 7.92. The minimum atomic E-state index is -4.26. The molecule has 2 atom stereocenters. The van der Waals surface area contributed by atoms with Crippen LogP contribution in [0.2, 0.25) is 5.02 Å². The molecule has 0 fully saturated rings.